The molecule has 4 nitrogen and oxygen atoms in total. The van der Waals surface area contributed by atoms with Gasteiger partial charge in [0.25, 0.3) is 0 Å². The molecule has 2 saturated heterocycles. The zero-order chi connectivity index (χ0) is 11.4. The normalized spacial score (nSPS) is 26.6. The lowest BCUT2D eigenvalue weighted by Crippen LogP contribution is -2.53. The van der Waals surface area contributed by atoms with E-state index in [0.717, 1.165) is 19.0 Å². The van der Waals surface area contributed by atoms with E-state index < -0.39 is 0 Å². The number of ether oxygens (including phenoxy) is 1. The predicted molar refractivity (Wildman–Crippen MR) is 63.4 cm³/mol. The molecule has 2 aliphatic rings. The molecule has 16 heavy (non-hydrogen) atoms. The van der Waals surface area contributed by atoms with Crippen LogP contribution in [0.3, 0.4) is 0 Å². The van der Waals surface area contributed by atoms with Gasteiger partial charge in [0.2, 0.25) is 0 Å². The van der Waals surface area contributed by atoms with Crippen LogP contribution in [0.1, 0.15) is 12.8 Å². The average molecular weight is 228 g/mol. The zero-order valence-electron chi connectivity index (χ0n) is 10.2. The Kier molecular flexibility index (Phi) is 4.19. The third kappa shape index (κ3) is 2.94. The van der Waals surface area contributed by atoms with Crippen LogP contribution >= 0.6 is 0 Å². The molecule has 0 bridgehead atoms. The minimum absolute atomic E-state index is 0.0193. The largest absolute Gasteiger partial charge is 0.396 e. The van der Waals surface area contributed by atoms with E-state index in [-0.39, 0.29) is 12.0 Å². The van der Waals surface area contributed by atoms with Gasteiger partial charge in [-0.25, -0.2) is 0 Å². The number of hydrogen-bond donors (Lipinski definition) is 2. The Morgan fingerprint density at radius 2 is 2.06 bits per heavy atom. The molecule has 2 rings (SSSR count). The summed E-state index contributed by atoms with van der Waals surface area (Å²) in [7, 11) is 2.19. The summed E-state index contributed by atoms with van der Waals surface area (Å²) in [6, 6.07) is 0. The molecule has 0 atom stereocenters. The van der Waals surface area contributed by atoms with Gasteiger partial charge in [-0.2, -0.15) is 0 Å². The second-order valence-corrected chi connectivity index (χ2v) is 5.53. The molecule has 2 N–H and O–H groups in total. The van der Waals surface area contributed by atoms with Crippen molar-refractivity contribution in [3.63, 3.8) is 0 Å². The molecule has 0 radical (unpaired) electrons. The minimum Gasteiger partial charge on any atom is -0.396 e. The predicted octanol–water partition coefficient (Wildman–Crippen LogP) is -0.0733. The van der Waals surface area contributed by atoms with Crippen molar-refractivity contribution in [1.29, 1.82) is 0 Å². The molecule has 94 valence electrons. The zero-order valence-corrected chi connectivity index (χ0v) is 10.2. The monoisotopic (exact) mass is 228 g/mol. The third-order valence-corrected chi connectivity index (χ3v) is 3.92. The highest BCUT2D eigenvalue weighted by atomic mass is 16.5. The number of hydrogen-bond acceptors (Lipinski definition) is 4. The van der Waals surface area contributed by atoms with E-state index in [2.05, 4.69) is 17.3 Å². The van der Waals surface area contributed by atoms with Crippen LogP contribution in [0.2, 0.25) is 0 Å². The summed E-state index contributed by atoms with van der Waals surface area (Å²) in [6.45, 7) is 6.11. The third-order valence-electron chi connectivity index (χ3n) is 3.92. The first-order valence-corrected chi connectivity index (χ1v) is 6.32. The van der Waals surface area contributed by atoms with Crippen LogP contribution in [0.25, 0.3) is 0 Å². The molecule has 0 amide bonds. The van der Waals surface area contributed by atoms with Crippen molar-refractivity contribution < 1.29 is 9.84 Å². The smallest absolute Gasteiger partial charge is 0.0579 e. The molecule has 0 aromatic rings. The van der Waals surface area contributed by atoms with Crippen LogP contribution in [0.4, 0.5) is 0 Å². The van der Waals surface area contributed by atoms with Crippen LogP contribution in [-0.4, -0.2) is 63.1 Å². The number of nitrogens with zero attached hydrogens (tertiary/aromatic N) is 1. The lowest BCUT2D eigenvalue weighted by molar-refractivity contribution is -0.134. The number of piperidine rings is 1. The molecule has 2 fully saturated rings. The Balaban J connectivity index is 1.61. The summed E-state index contributed by atoms with van der Waals surface area (Å²) >= 11 is 0. The first-order valence-electron chi connectivity index (χ1n) is 6.32. The Hall–Kier alpha value is -0.160. The van der Waals surface area contributed by atoms with Crippen LogP contribution in [0.5, 0.6) is 0 Å². The molecule has 4 heteroatoms. The maximum atomic E-state index is 9.28. The maximum absolute atomic E-state index is 9.28. The lowest BCUT2D eigenvalue weighted by atomic mass is 9.86. The number of rotatable bonds is 5. The highest BCUT2D eigenvalue weighted by Gasteiger charge is 2.37. The van der Waals surface area contributed by atoms with Gasteiger partial charge >= 0.3 is 0 Å². The van der Waals surface area contributed by atoms with Crippen molar-refractivity contribution in [2.75, 3.05) is 53.0 Å². The Labute approximate surface area is 98.0 Å². The van der Waals surface area contributed by atoms with E-state index in [0.29, 0.717) is 13.2 Å². The van der Waals surface area contributed by atoms with Gasteiger partial charge in [0, 0.05) is 6.54 Å². The van der Waals surface area contributed by atoms with Crippen LogP contribution in [-0.2, 0) is 4.74 Å². The van der Waals surface area contributed by atoms with E-state index in [9.17, 15) is 5.11 Å². The van der Waals surface area contributed by atoms with Gasteiger partial charge < -0.3 is 20.1 Å². The quantitative estimate of drug-likeness (QED) is 0.691. The average Bonchev–Trinajstić information content (AvgIpc) is 2.25. The van der Waals surface area contributed by atoms with Gasteiger partial charge in [0.05, 0.1) is 25.2 Å². The second-order valence-electron chi connectivity index (χ2n) is 5.53. The van der Waals surface area contributed by atoms with E-state index in [1.165, 1.54) is 25.9 Å². The molecule has 2 aliphatic heterocycles. The molecule has 0 spiro atoms. The van der Waals surface area contributed by atoms with E-state index in [1.807, 2.05) is 0 Å². The van der Waals surface area contributed by atoms with Gasteiger partial charge in [-0.15, -0.1) is 0 Å². The first kappa shape index (κ1) is 12.3. The van der Waals surface area contributed by atoms with E-state index >= 15 is 0 Å². The number of aliphatic hydroxyl groups excluding tert-OH is 1. The highest BCUT2D eigenvalue weighted by molar-refractivity contribution is 4.87. The number of aliphatic hydroxyl groups is 1. The molecule has 0 saturated carbocycles. The van der Waals surface area contributed by atoms with Crippen molar-refractivity contribution in [2.24, 2.45) is 11.3 Å². The Morgan fingerprint density at radius 1 is 1.38 bits per heavy atom. The summed E-state index contributed by atoms with van der Waals surface area (Å²) in [5.41, 5.74) is 0.0193. The molecule has 0 unspecified atom stereocenters. The van der Waals surface area contributed by atoms with E-state index in [1.54, 1.807) is 0 Å². The molecule has 2 heterocycles. The Bertz CT molecular complexity index is 206. The summed E-state index contributed by atoms with van der Waals surface area (Å²) in [4.78, 5) is 2.39. The number of nitrogens with one attached hydrogen (secondary N) is 1. The first-order chi connectivity index (χ1) is 7.74. The van der Waals surface area contributed by atoms with Gasteiger partial charge in [0.15, 0.2) is 0 Å². The van der Waals surface area contributed by atoms with Crippen molar-refractivity contribution in [3.05, 3.63) is 0 Å². The van der Waals surface area contributed by atoms with Crippen molar-refractivity contribution >= 4 is 0 Å². The maximum Gasteiger partial charge on any atom is 0.0579 e. The number of likely N-dealkylation sites (tertiary alicyclic amines) is 1. The summed E-state index contributed by atoms with van der Waals surface area (Å²) in [6.07, 6.45) is 2.60. The van der Waals surface area contributed by atoms with Gasteiger partial charge in [-0.3, -0.25) is 0 Å². The molecular weight excluding hydrogens is 204 g/mol. The van der Waals surface area contributed by atoms with Crippen LogP contribution < -0.4 is 5.32 Å². The summed E-state index contributed by atoms with van der Waals surface area (Å²) in [5, 5.41) is 12.8. The van der Waals surface area contributed by atoms with E-state index in [4.69, 9.17) is 4.74 Å². The molecule has 0 aromatic carbocycles. The fourth-order valence-corrected chi connectivity index (χ4v) is 2.45. The Morgan fingerprint density at radius 3 is 2.56 bits per heavy atom. The minimum atomic E-state index is 0.0193. The topological polar surface area (TPSA) is 44.7 Å². The van der Waals surface area contributed by atoms with Gasteiger partial charge in [-0.05, 0) is 45.4 Å². The fraction of sp³-hybridized carbons (Fsp3) is 1.00. The molecule has 0 aliphatic carbocycles. The van der Waals surface area contributed by atoms with Crippen molar-refractivity contribution in [1.82, 2.24) is 10.2 Å². The molecule has 0 aromatic heterocycles. The van der Waals surface area contributed by atoms with Crippen LogP contribution in [0, 0.1) is 11.3 Å². The highest BCUT2D eigenvalue weighted by Crippen LogP contribution is 2.25. The summed E-state index contributed by atoms with van der Waals surface area (Å²) in [5.74, 6) is 0.813. The molecular formula is C12H24N2O2. The second kappa shape index (κ2) is 5.45. The lowest BCUT2D eigenvalue weighted by Gasteiger charge is -2.40. The van der Waals surface area contributed by atoms with Gasteiger partial charge in [0.1, 0.15) is 0 Å². The SMILES string of the molecule is CN1CCC(CNCC2(CO)COC2)CC1. The summed E-state index contributed by atoms with van der Waals surface area (Å²) < 4.78 is 5.18. The van der Waals surface area contributed by atoms with Crippen LogP contribution in [0.15, 0.2) is 0 Å². The van der Waals surface area contributed by atoms with Crippen molar-refractivity contribution in [3.8, 4) is 0 Å². The fourth-order valence-electron chi connectivity index (χ4n) is 2.45. The van der Waals surface area contributed by atoms with Crippen molar-refractivity contribution in [2.45, 2.75) is 12.8 Å². The standard InChI is InChI=1S/C12H24N2O2/c1-14-4-2-11(3-5-14)6-13-7-12(8-15)9-16-10-12/h11,13,15H,2-10H2,1H3. The van der Waals surface area contributed by atoms with Gasteiger partial charge in [-0.1, -0.05) is 0 Å².